The van der Waals surface area contributed by atoms with Gasteiger partial charge in [-0.25, -0.2) is 13.8 Å². The number of hydrogen-bond donors (Lipinski definition) is 1. The van der Waals surface area contributed by atoms with Crippen LogP contribution in [0.25, 0.3) is 0 Å². The molecule has 144 valence electrons. The Morgan fingerprint density at radius 1 is 1.33 bits per heavy atom. The molecule has 2 aromatic rings. The maximum atomic E-state index is 12.8. The zero-order valence-electron chi connectivity index (χ0n) is 14.8. The average molecular weight is 426 g/mol. The van der Waals surface area contributed by atoms with Gasteiger partial charge in [-0.2, -0.15) is 9.41 Å². The number of sulfonamides is 1. The summed E-state index contributed by atoms with van der Waals surface area (Å²) < 4.78 is 27.0. The van der Waals surface area contributed by atoms with Gasteiger partial charge in [-0.05, 0) is 61.0 Å². The lowest BCUT2D eigenvalue weighted by molar-refractivity contribution is -0.126. The summed E-state index contributed by atoms with van der Waals surface area (Å²) in [4.78, 5) is 13.6. The molecule has 2 heterocycles. The van der Waals surface area contributed by atoms with Crippen LogP contribution in [0.4, 0.5) is 0 Å². The molecule has 1 atom stereocenters. The molecule has 1 aromatic heterocycles. The zero-order valence-corrected chi connectivity index (χ0v) is 17.1. The number of hydrazone groups is 1. The van der Waals surface area contributed by atoms with Gasteiger partial charge in [0, 0.05) is 23.0 Å². The van der Waals surface area contributed by atoms with Gasteiger partial charge in [0.1, 0.15) is 0 Å². The summed E-state index contributed by atoms with van der Waals surface area (Å²) in [5.74, 6) is -0.695. The molecule has 6 nitrogen and oxygen atoms in total. The van der Waals surface area contributed by atoms with Crippen LogP contribution < -0.4 is 5.43 Å². The summed E-state index contributed by atoms with van der Waals surface area (Å²) in [5, 5.41) is 6.44. The van der Waals surface area contributed by atoms with Gasteiger partial charge in [-0.15, -0.1) is 11.3 Å². The zero-order chi connectivity index (χ0) is 19.4. The fourth-order valence-electron chi connectivity index (χ4n) is 2.89. The van der Waals surface area contributed by atoms with Gasteiger partial charge < -0.3 is 0 Å². The lowest BCUT2D eigenvalue weighted by atomic mass is 9.99. The lowest BCUT2D eigenvalue weighted by Crippen LogP contribution is -2.44. The van der Waals surface area contributed by atoms with Gasteiger partial charge in [0.2, 0.25) is 15.9 Å². The Morgan fingerprint density at radius 2 is 2.07 bits per heavy atom. The Bertz CT molecular complexity index is 939. The molecule has 0 radical (unpaired) electrons. The number of nitrogens with one attached hydrogen (secondary N) is 1. The number of halogens is 1. The standard InChI is InChI=1S/C18H20ClN3O3S2/c1-13-8-10-26-17(13)11-20-21-18(23)14-3-2-9-22(12-14)27(24,25)16-6-4-15(19)5-7-16/h4-8,10-11,14H,2-3,9,12H2,1H3,(H,21,23)/b20-11+. The van der Waals surface area contributed by atoms with Crippen LogP contribution in [-0.2, 0) is 14.8 Å². The van der Waals surface area contributed by atoms with Crippen molar-refractivity contribution in [1.82, 2.24) is 9.73 Å². The number of carbonyl (C=O) groups excluding carboxylic acids is 1. The summed E-state index contributed by atoms with van der Waals surface area (Å²) in [6, 6.07) is 8.03. The monoisotopic (exact) mass is 425 g/mol. The summed E-state index contributed by atoms with van der Waals surface area (Å²) in [5.41, 5.74) is 3.63. The second-order valence-electron chi connectivity index (χ2n) is 6.36. The van der Waals surface area contributed by atoms with E-state index in [9.17, 15) is 13.2 Å². The largest absolute Gasteiger partial charge is 0.273 e. The van der Waals surface area contributed by atoms with Crippen molar-refractivity contribution in [2.75, 3.05) is 13.1 Å². The van der Waals surface area contributed by atoms with E-state index < -0.39 is 15.9 Å². The van der Waals surface area contributed by atoms with Gasteiger partial charge in [0.25, 0.3) is 0 Å². The molecule has 1 unspecified atom stereocenters. The smallest absolute Gasteiger partial charge is 0.244 e. The fraction of sp³-hybridized carbons (Fsp3) is 0.333. The van der Waals surface area contributed by atoms with Crippen LogP contribution in [0.1, 0.15) is 23.3 Å². The SMILES string of the molecule is Cc1ccsc1/C=N/NC(=O)C1CCCN(S(=O)(=O)c2ccc(Cl)cc2)C1. The molecule has 0 bridgehead atoms. The van der Waals surface area contributed by atoms with Crippen LogP contribution in [0.15, 0.2) is 45.7 Å². The van der Waals surface area contributed by atoms with Crippen molar-refractivity contribution in [1.29, 1.82) is 0 Å². The average Bonchev–Trinajstić information content (AvgIpc) is 3.07. The van der Waals surface area contributed by atoms with Gasteiger partial charge in [0.15, 0.2) is 0 Å². The Kier molecular flexibility index (Phi) is 6.31. The first-order valence-corrected chi connectivity index (χ1v) is 11.2. The quantitative estimate of drug-likeness (QED) is 0.589. The van der Waals surface area contributed by atoms with Gasteiger partial charge in [-0.1, -0.05) is 11.6 Å². The van der Waals surface area contributed by atoms with E-state index in [1.165, 1.54) is 16.4 Å². The van der Waals surface area contributed by atoms with Gasteiger partial charge in [-0.3, -0.25) is 4.79 Å². The second kappa shape index (κ2) is 8.52. The Hall–Kier alpha value is -1.74. The molecule has 0 aliphatic carbocycles. The lowest BCUT2D eigenvalue weighted by Gasteiger charge is -2.30. The molecule has 1 aliphatic rings. The summed E-state index contributed by atoms with van der Waals surface area (Å²) in [7, 11) is -3.65. The Balaban J connectivity index is 1.64. The summed E-state index contributed by atoms with van der Waals surface area (Å²) in [6.07, 6.45) is 2.87. The third kappa shape index (κ3) is 4.76. The molecule has 9 heteroatoms. The molecule has 3 rings (SSSR count). The molecule has 1 N–H and O–H groups in total. The number of hydrogen-bond acceptors (Lipinski definition) is 5. The second-order valence-corrected chi connectivity index (χ2v) is 9.68. The molecule has 1 fully saturated rings. The van der Waals surface area contributed by atoms with Crippen molar-refractivity contribution >= 4 is 45.1 Å². The number of nitrogens with zero attached hydrogens (tertiary/aromatic N) is 2. The van der Waals surface area contributed by atoms with Crippen molar-refractivity contribution < 1.29 is 13.2 Å². The molecule has 1 aromatic carbocycles. The van der Waals surface area contributed by atoms with E-state index in [2.05, 4.69) is 10.5 Å². The first-order valence-electron chi connectivity index (χ1n) is 8.50. The topological polar surface area (TPSA) is 78.8 Å². The van der Waals surface area contributed by atoms with Crippen molar-refractivity contribution in [2.45, 2.75) is 24.7 Å². The van der Waals surface area contributed by atoms with E-state index in [0.29, 0.717) is 24.4 Å². The van der Waals surface area contributed by atoms with Gasteiger partial charge in [0.05, 0.1) is 17.0 Å². The minimum atomic E-state index is -3.65. The molecule has 0 saturated carbocycles. The summed E-state index contributed by atoms with van der Waals surface area (Å²) in [6.45, 7) is 2.51. The van der Waals surface area contributed by atoms with E-state index in [1.54, 1.807) is 29.7 Å². The molecular formula is C18H20ClN3O3S2. The normalized spacial score (nSPS) is 18.7. The maximum absolute atomic E-state index is 12.8. The molecule has 1 saturated heterocycles. The highest BCUT2D eigenvalue weighted by Gasteiger charge is 2.33. The maximum Gasteiger partial charge on any atom is 0.244 e. The molecular weight excluding hydrogens is 406 g/mol. The highest BCUT2D eigenvalue weighted by atomic mass is 35.5. The fourth-order valence-corrected chi connectivity index (χ4v) is 5.33. The van der Waals surface area contributed by atoms with Crippen LogP contribution in [0.3, 0.4) is 0 Å². The van der Waals surface area contributed by atoms with Gasteiger partial charge >= 0.3 is 0 Å². The van der Waals surface area contributed by atoms with Crippen LogP contribution in [0.5, 0.6) is 0 Å². The van der Waals surface area contributed by atoms with E-state index in [1.807, 2.05) is 18.4 Å². The third-order valence-corrected chi connectivity index (χ3v) is 7.55. The van der Waals surface area contributed by atoms with E-state index in [0.717, 1.165) is 10.4 Å². The van der Waals surface area contributed by atoms with Crippen LogP contribution >= 0.6 is 22.9 Å². The molecule has 1 amide bonds. The third-order valence-electron chi connectivity index (χ3n) is 4.46. The van der Waals surface area contributed by atoms with Crippen molar-refractivity contribution in [3.05, 3.63) is 51.2 Å². The molecule has 27 heavy (non-hydrogen) atoms. The van der Waals surface area contributed by atoms with E-state index in [-0.39, 0.29) is 17.3 Å². The van der Waals surface area contributed by atoms with Crippen LogP contribution in [0.2, 0.25) is 5.02 Å². The Morgan fingerprint density at radius 3 is 2.74 bits per heavy atom. The number of aryl methyl sites for hydroxylation is 1. The number of thiophene rings is 1. The number of rotatable bonds is 5. The Labute approximate surface area is 167 Å². The minimum absolute atomic E-state index is 0.143. The summed E-state index contributed by atoms with van der Waals surface area (Å²) >= 11 is 7.38. The molecule has 1 aliphatic heterocycles. The van der Waals surface area contributed by atoms with E-state index >= 15 is 0 Å². The number of benzene rings is 1. The van der Waals surface area contributed by atoms with E-state index in [4.69, 9.17) is 11.6 Å². The number of amides is 1. The van der Waals surface area contributed by atoms with Crippen molar-refractivity contribution in [3.8, 4) is 0 Å². The van der Waals surface area contributed by atoms with Crippen molar-refractivity contribution in [3.63, 3.8) is 0 Å². The highest BCUT2D eigenvalue weighted by Crippen LogP contribution is 2.25. The first-order chi connectivity index (χ1) is 12.9. The first kappa shape index (κ1) is 20.0. The number of carbonyl (C=O) groups is 1. The van der Waals surface area contributed by atoms with Crippen LogP contribution in [-0.4, -0.2) is 37.9 Å². The molecule has 0 spiro atoms. The minimum Gasteiger partial charge on any atom is -0.273 e. The predicted molar refractivity (Wildman–Crippen MR) is 108 cm³/mol. The van der Waals surface area contributed by atoms with Crippen molar-refractivity contribution in [2.24, 2.45) is 11.0 Å². The van der Waals surface area contributed by atoms with Crippen LogP contribution in [0, 0.1) is 12.8 Å². The number of piperidine rings is 1. The highest BCUT2D eigenvalue weighted by molar-refractivity contribution is 7.89. The predicted octanol–water partition coefficient (Wildman–Crippen LogP) is 3.26.